The van der Waals surface area contributed by atoms with Gasteiger partial charge in [-0.25, -0.2) is 4.39 Å². The summed E-state index contributed by atoms with van der Waals surface area (Å²) in [7, 11) is 0. The second-order valence-corrected chi connectivity index (χ2v) is 11.4. The summed E-state index contributed by atoms with van der Waals surface area (Å²) in [6, 6.07) is 3.45. The lowest BCUT2D eigenvalue weighted by atomic mass is 9.66. The van der Waals surface area contributed by atoms with Crippen LogP contribution in [-0.4, -0.2) is 6.61 Å². The average molecular weight is 477 g/mol. The van der Waals surface area contributed by atoms with Crippen molar-refractivity contribution in [1.82, 2.24) is 0 Å². The number of hydrogen-bond acceptors (Lipinski definition) is 1. The van der Waals surface area contributed by atoms with Crippen LogP contribution in [0.1, 0.15) is 135 Å². The van der Waals surface area contributed by atoms with Crippen molar-refractivity contribution in [3.8, 4) is 5.75 Å². The van der Waals surface area contributed by atoms with Crippen LogP contribution in [-0.2, 0) is 0 Å². The molecule has 34 heavy (non-hydrogen) atoms. The van der Waals surface area contributed by atoms with E-state index >= 15 is 0 Å². The first-order chi connectivity index (χ1) is 16.5. The summed E-state index contributed by atoms with van der Waals surface area (Å²) >= 11 is 0. The molecule has 0 saturated heterocycles. The lowest BCUT2D eigenvalue weighted by Gasteiger charge is -2.39. The molecule has 0 bridgehead atoms. The molecule has 1 aromatic rings. The zero-order chi connectivity index (χ0) is 24.3. The predicted octanol–water partition coefficient (Wildman–Crippen LogP) is 10.2. The maximum atomic E-state index is 14.9. The van der Waals surface area contributed by atoms with Gasteiger partial charge < -0.3 is 4.74 Å². The Bertz CT molecular complexity index is 702. The van der Waals surface area contributed by atoms with Gasteiger partial charge in [0.05, 0.1) is 6.61 Å². The van der Waals surface area contributed by atoms with E-state index in [0.717, 1.165) is 62.2 Å². The van der Waals surface area contributed by atoms with E-state index in [-0.39, 0.29) is 11.7 Å². The molecule has 0 aliphatic heterocycles. The Balaban J connectivity index is 1.45. The van der Waals surface area contributed by atoms with E-state index in [4.69, 9.17) is 4.74 Å². The molecule has 1 aromatic carbocycles. The van der Waals surface area contributed by atoms with Crippen LogP contribution in [0.25, 0.3) is 0 Å². The Morgan fingerprint density at radius 3 is 2.03 bits per heavy atom. The largest absolute Gasteiger partial charge is 0.490 e. The van der Waals surface area contributed by atoms with Crippen molar-refractivity contribution >= 4 is 0 Å². The molecule has 1 atom stereocenters. The second kappa shape index (κ2) is 14.4. The summed E-state index contributed by atoms with van der Waals surface area (Å²) in [5.41, 5.74) is 0.565. The Labute approximate surface area is 208 Å². The Morgan fingerprint density at radius 1 is 0.765 bits per heavy atom. The van der Waals surface area contributed by atoms with Gasteiger partial charge in [-0.3, -0.25) is 0 Å². The number of hydrogen-bond donors (Lipinski definition) is 0. The quantitative estimate of drug-likeness (QED) is 0.257. The fraction of sp³-hybridized carbons (Fsp3) is 0.806. The molecular weight excluding hydrogens is 426 g/mol. The lowest BCUT2D eigenvalue weighted by molar-refractivity contribution is 0.131. The smallest absolute Gasteiger partial charge is 0.200 e. The van der Waals surface area contributed by atoms with E-state index in [1.807, 2.05) is 0 Å². The zero-order valence-corrected chi connectivity index (χ0v) is 22.2. The van der Waals surface area contributed by atoms with Crippen molar-refractivity contribution in [3.63, 3.8) is 0 Å². The highest BCUT2D eigenvalue weighted by atomic mass is 19.2. The van der Waals surface area contributed by atoms with Crippen molar-refractivity contribution in [1.29, 1.82) is 0 Å². The van der Waals surface area contributed by atoms with E-state index in [1.54, 1.807) is 12.1 Å². The molecule has 2 aliphatic carbocycles. The van der Waals surface area contributed by atoms with Crippen LogP contribution < -0.4 is 4.74 Å². The minimum atomic E-state index is -0.790. The van der Waals surface area contributed by atoms with Gasteiger partial charge in [0.25, 0.3) is 0 Å². The first-order valence-corrected chi connectivity index (χ1v) is 14.7. The number of unbranched alkanes of at least 4 members (excludes halogenated alkanes) is 5. The molecule has 0 N–H and O–H groups in total. The maximum absolute atomic E-state index is 14.9. The molecule has 3 rings (SSSR count). The molecule has 0 radical (unpaired) electrons. The van der Waals surface area contributed by atoms with Crippen LogP contribution in [0.4, 0.5) is 8.78 Å². The molecule has 2 aliphatic rings. The summed E-state index contributed by atoms with van der Waals surface area (Å²) in [6.07, 6.45) is 19.6. The molecule has 3 heteroatoms. The van der Waals surface area contributed by atoms with Crippen molar-refractivity contribution < 1.29 is 13.5 Å². The van der Waals surface area contributed by atoms with Gasteiger partial charge in [0.2, 0.25) is 5.82 Å². The highest BCUT2D eigenvalue weighted by Crippen LogP contribution is 2.45. The summed E-state index contributed by atoms with van der Waals surface area (Å²) in [6.45, 7) is 7.41. The van der Waals surface area contributed by atoms with Gasteiger partial charge in [-0.05, 0) is 86.2 Å². The summed E-state index contributed by atoms with van der Waals surface area (Å²) < 4.78 is 35.2. The van der Waals surface area contributed by atoms with Crippen molar-refractivity contribution in [2.45, 2.75) is 129 Å². The number of halogens is 2. The summed E-state index contributed by atoms with van der Waals surface area (Å²) in [5, 5.41) is 0. The predicted molar refractivity (Wildman–Crippen MR) is 139 cm³/mol. The molecule has 0 amide bonds. The third-order valence-electron chi connectivity index (χ3n) is 9.14. The van der Waals surface area contributed by atoms with E-state index in [2.05, 4.69) is 20.8 Å². The minimum absolute atomic E-state index is 0.0774. The first-order valence-electron chi connectivity index (χ1n) is 14.7. The van der Waals surface area contributed by atoms with E-state index in [1.165, 1.54) is 64.2 Å². The third kappa shape index (κ3) is 7.69. The lowest BCUT2D eigenvalue weighted by Crippen LogP contribution is -2.28. The van der Waals surface area contributed by atoms with Gasteiger partial charge in [-0.2, -0.15) is 4.39 Å². The first kappa shape index (κ1) is 27.5. The van der Waals surface area contributed by atoms with Crippen LogP contribution in [0.3, 0.4) is 0 Å². The molecule has 2 saturated carbocycles. The highest BCUT2D eigenvalue weighted by molar-refractivity contribution is 5.33. The number of benzene rings is 1. The SMILES string of the molecule is CCCCCCCOc1ccc(C2CCC(C(C)C3CCC(CCCC)CC3)CC2)c(F)c1F. The maximum Gasteiger partial charge on any atom is 0.200 e. The van der Waals surface area contributed by atoms with Crippen LogP contribution >= 0.6 is 0 Å². The van der Waals surface area contributed by atoms with Gasteiger partial charge in [0.1, 0.15) is 0 Å². The number of rotatable bonds is 13. The average Bonchev–Trinajstić information content (AvgIpc) is 2.87. The van der Waals surface area contributed by atoms with Gasteiger partial charge in [0.15, 0.2) is 11.6 Å². The van der Waals surface area contributed by atoms with Gasteiger partial charge in [0, 0.05) is 0 Å². The normalized spacial score (nSPS) is 26.4. The third-order valence-corrected chi connectivity index (χ3v) is 9.14. The Morgan fingerprint density at radius 2 is 1.38 bits per heavy atom. The van der Waals surface area contributed by atoms with Crippen molar-refractivity contribution in [2.24, 2.45) is 23.7 Å². The van der Waals surface area contributed by atoms with E-state index in [9.17, 15) is 8.78 Å². The highest BCUT2D eigenvalue weighted by Gasteiger charge is 2.33. The molecule has 0 heterocycles. The van der Waals surface area contributed by atoms with Gasteiger partial charge in [-0.15, -0.1) is 0 Å². The van der Waals surface area contributed by atoms with E-state index < -0.39 is 11.6 Å². The molecule has 2 fully saturated rings. The molecule has 1 unspecified atom stereocenters. The van der Waals surface area contributed by atoms with Crippen LogP contribution in [0.15, 0.2) is 12.1 Å². The topological polar surface area (TPSA) is 9.23 Å². The molecule has 0 aromatic heterocycles. The zero-order valence-electron chi connectivity index (χ0n) is 22.2. The van der Waals surface area contributed by atoms with Crippen LogP contribution in [0.5, 0.6) is 5.75 Å². The van der Waals surface area contributed by atoms with E-state index in [0.29, 0.717) is 12.2 Å². The molecule has 194 valence electrons. The Hall–Kier alpha value is -1.12. The minimum Gasteiger partial charge on any atom is -0.490 e. The van der Waals surface area contributed by atoms with Gasteiger partial charge in [-0.1, -0.05) is 84.6 Å². The fourth-order valence-corrected chi connectivity index (χ4v) is 6.70. The molecule has 1 nitrogen and oxygen atoms in total. The summed E-state index contributed by atoms with van der Waals surface area (Å²) in [5.74, 6) is 2.10. The monoisotopic (exact) mass is 476 g/mol. The van der Waals surface area contributed by atoms with Gasteiger partial charge >= 0.3 is 0 Å². The Kier molecular flexibility index (Phi) is 11.7. The number of ether oxygens (including phenoxy) is 1. The fourth-order valence-electron chi connectivity index (χ4n) is 6.70. The molecular formula is C31H50F2O. The van der Waals surface area contributed by atoms with Crippen molar-refractivity contribution in [3.05, 3.63) is 29.3 Å². The second-order valence-electron chi connectivity index (χ2n) is 11.4. The van der Waals surface area contributed by atoms with Crippen LogP contribution in [0, 0.1) is 35.3 Å². The summed E-state index contributed by atoms with van der Waals surface area (Å²) in [4.78, 5) is 0. The van der Waals surface area contributed by atoms with Crippen LogP contribution in [0.2, 0.25) is 0 Å². The molecule has 0 spiro atoms. The standard InChI is InChI=1S/C31H50F2O/c1-4-6-8-9-10-22-34-29-21-20-28(30(32)31(29)33)27-18-16-26(17-19-27)23(3)25-14-12-24(13-15-25)11-7-5-2/h20-21,23-27H,4-19,22H2,1-3H3. The van der Waals surface area contributed by atoms with Crippen molar-refractivity contribution in [2.75, 3.05) is 6.61 Å².